The average molecular weight is 236 g/mol. The number of rotatable bonds is 3. The van der Waals surface area contributed by atoms with Crippen LogP contribution in [-0.4, -0.2) is 16.0 Å². The Kier molecular flexibility index (Phi) is 2.77. The van der Waals surface area contributed by atoms with E-state index in [1.54, 1.807) is 6.20 Å². The summed E-state index contributed by atoms with van der Waals surface area (Å²) in [6.07, 6.45) is 3.83. The molecule has 0 aliphatic heterocycles. The minimum atomic E-state index is -0.494. The van der Waals surface area contributed by atoms with E-state index in [4.69, 9.17) is 4.74 Å². The van der Waals surface area contributed by atoms with E-state index in [1.807, 2.05) is 20.8 Å². The second-order valence-corrected chi connectivity index (χ2v) is 5.36. The molecular formula is C12H16N2O3. The Morgan fingerprint density at radius 2 is 2.12 bits per heavy atom. The van der Waals surface area contributed by atoms with E-state index in [1.165, 1.54) is 6.07 Å². The van der Waals surface area contributed by atoms with Gasteiger partial charge in [-0.25, -0.2) is 0 Å². The van der Waals surface area contributed by atoms with Crippen LogP contribution in [0.15, 0.2) is 12.3 Å². The number of ether oxygens (including phenoxy) is 1. The van der Waals surface area contributed by atoms with Crippen LogP contribution in [0.5, 0.6) is 5.75 Å². The van der Waals surface area contributed by atoms with Crippen molar-refractivity contribution in [2.45, 2.75) is 45.1 Å². The maximum atomic E-state index is 10.7. The number of pyridine rings is 1. The summed E-state index contributed by atoms with van der Waals surface area (Å²) < 4.78 is 5.73. The molecule has 0 amide bonds. The maximum Gasteiger partial charge on any atom is 0.367 e. The van der Waals surface area contributed by atoms with Crippen molar-refractivity contribution in [1.29, 1.82) is 0 Å². The molecule has 0 aromatic carbocycles. The summed E-state index contributed by atoms with van der Waals surface area (Å²) in [6.45, 7) is 6.11. The smallest absolute Gasteiger partial charge is 0.367 e. The summed E-state index contributed by atoms with van der Waals surface area (Å²) in [5, 5.41) is 10.7. The Morgan fingerprint density at radius 3 is 2.59 bits per heavy atom. The van der Waals surface area contributed by atoms with Gasteiger partial charge < -0.3 is 14.9 Å². The minimum Gasteiger partial charge on any atom is -0.490 e. The lowest BCUT2D eigenvalue weighted by Gasteiger charge is -2.20. The summed E-state index contributed by atoms with van der Waals surface area (Å²) >= 11 is 0. The molecule has 2 rings (SSSR count). The van der Waals surface area contributed by atoms with Crippen molar-refractivity contribution in [3.8, 4) is 5.75 Å². The van der Waals surface area contributed by atoms with Gasteiger partial charge in [0.2, 0.25) is 0 Å². The average Bonchev–Trinajstić information content (AvgIpc) is 2.99. The van der Waals surface area contributed by atoms with Gasteiger partial charge in [0.15, 0.2) is 0 Å². The van der Waals surface area contributed by atoms with Crippen LogP contribution in [-0.2, 0) is 5.41 Å². The monoisotopic (exact) mass is 236 g/mol. The first kappa shape index (κ1) is 11.8. The summed E-state index contributed by atoms with van der Waals surface area (Å²) in [4.78, 5) is 14.1. The summed E-state index contributed by atoms with van der Waals surface area (Å²) in [5.41, 5.74) is 0.779. The van der Waals surface area contributed by atoms with E-state index in [2.05, 4.69) is 4.98 Å². The zero-order valence-electron chi connectivity index (χ0n) is 10.3. The quantitative estimate of drug-likeness (QED) is 0.598. The normalized spacial score (nSPS) is 15.7. The molecule has 0 atom stereocenters. The third kappa shape index (κ3) is 2.72. The molecule has 92 valence electrons. The van der Waals surface area contributed by atoms with Gasteiger partial charge >= 0.3 is 5.82 Å². The van der Waals surface area contributed by atoms with Gasteiger partial charge in [-0.15, -0.1) is 0 Å². The molecule has 1 aromatic heterocycles. The third-order valence-corrected chi connectivity index (χ3v) is 2.66. The highest BCUT2D eigenvalue weighted by atomic mass is 16.6. The number of aromatic nitrogens is 1. The molecule has 5 nitrogen and oxygen atoms in total. The van der Waals surface area contributed by atoms with Crippen LogP contribution in [0, 0.1) is 10.1 Å². The van der Waals surface area contributed by atoms with Gasteiger partial charge in [0.25, 0.3) is 0 Å². The molecule has 5 heteroatoms. The third-order valence-electron chi connectivity index (χ3n) is 2.66. The Labute approximate surface area is 100.0 Å². The Hall–Kier alpha value is -1.65. The molecule has 1 fully saturated rings. The van der Waals surface area contributed by atoms with Crippen molar-refractivity contribution in [1.82, 2.24) is 4.98 Å². The molecular weight excluding hydrogens is 220 g/mol. The molecule has 0 radical (unpaired) electrons. The van der Waals surface area contributed by atoms with Gasteiger partial charge in [0.1, 0.15) is 11.9 Å². The van der Waals surface area contributed by atoms with Crippen LogP contribution in [0.25, 0.3) is 0 Å². The summed E-state index contributed by atoms with van der Waals surface area (Å²) in [6, 6.07) is 1.43. The van der Waals surface area contributed by atoms with Crippen molar-refractivity contribution in [2.75, 3.05) is 0 Å². The fraction of sp³-hybridized carbons (Fsp3) is 0.583. The topological polar surface area (TPSA) is 65.3 Å². The Bertz CT molecular complexity index is 448. The van der Waals surface area contributed by atoms with E-state index in [0.29, 0.717) is 5.75 Å². The number of nitrogens with zero attached hydrogens (tertiary/aromatic N) is 2. The highest BCUT2D eigenvalue weighted by Gasteiger charge is 2.29. The minimum absolute atomic E-state index is 0.133. The van der Waals surface area contributed by atoms with Crippen LogP contribution in [0.2, 0.25) is 0 Å². The lowest BCUT2D eigenvalue weighted by atomic mass is 9.87. The Balaban J connectivity index is 2.39. The maximum absolute atomic E-state index is 10.7. The lowest BCUT2D eigenvalue weighted by Crippen LogP contribution is -2.15. The molecule has 0 spiro atoms. The van der Waals surface area contributed by atoms with E-state index in [0.717, 1.165) is 18.4 Å². The van der Waals surface area contributed by atoms with Gasteiger partial charge in [0.05, 0.1) is 12.2 Å². The second-order valence-electron chi connectivity index (χ2n) is 5.36. The molecule has 1 heterocycles. The first-order chi connectivity index (χ1) is 7.88. The van der Waals surface area contributed by atoms with Crippen molar-refractivity contribution in [2.24, 2.45) is 0 Å². The molecule has 1 aliphatic rings. The highest BCUT2D eigenvalue weighted by Crippen LogP contribution is 2.36. The predicted octanol–water partition coefficient (Wildman–Crippen LogP) is 2.83. The van der Waals surface area contributed by atoms with E-state index < -0.39 is 4.92 Å². The van der Waals surface area contributed by atoms with Crippen molar-refractivity contribution >= 4 is 5.82 Å². The number of nitro groups is 1. The summed E-state index contributed by atoms with van der Waals surface area (Å²) in [7, 11) is 0. The molecule has 1 aromatic rings. The fourth-order valence-electron chi connectivity index (χ4n) is 1.55. The molecule has 0 bridgehead atoms. The first-order valence-corrected chi connectivity index (χ1v) is 5.69. The van der Waals surface area contributed by atoms with Crippen LogP contribution >= 0.6 is 0 Å². The standard InChI is InChI=1S/C12H16N2O3/c1-12(2,3)9-7-13-11(14(15)16)6-10(9)17-8-4-5-8/h6-8H,4-5H2,1-3H3. The SMILES string of the molecule is CC(C)(C)c1cnc([N+](=O)[O-])cc1OC1CC1. The van der Waals surface area contributed by atoms with Crippen LogP contribution in [0.4, 0.5) is 5.82 Å². The largest absolute Gasteiger partial charge is 0.490 e. The Morgan fingerprint density at radius 1 is 1.47 bits per heavy atom. The van der Waals surface area contributed by atoms with Crippen molar-refractivity contribution < 1.29 is 9.66 Å². The van der Waals surface area contributed by atoms with Gasteiger partial charge in [-0.1, -0.05) is 20.8 Å². The second kappa shape index (κ2) is 3.98. The number of hydrogen-bond acceptors (Lipinski definition) is 4. The fourth-order valence-corrected chi connectivity index (χ4v) is 1.55. The van der Waals surface area contributed by atoms with Crippen LogP contribution < -0.4 is 4.74 Å². The zero-order valence-corrected chi connectivity index (χ0v) is 10.3. The van der Waals surface area contributed by atoms with Gasteiger partial charge in [-0.05, 0) is 28.2 Å². The van der Waals surface area contributed by atoms with E-state index in [9.17, 15) is 10.1 Å². The predicted molar refractivity (Wildman–Crippen MR) is 63.2 cm³/mol. The molecule has 17 heavy (non-hydrogen) atoms. The van der Waals surface area contributed by atoms with Crippen LogP contribution in [0.1, 0.15) is 39.2 Å². The first-order valence-electron chi connectivity index (χ1n) is 5.69. The van der Waals surface area contributed by atoms with Gasteiger partial charge in [0, 0.05) is 5.56 Å². The molecule has 1 saturated carbocycles. The van der Waals surface area contributed by atoms with Crippen molar-refractivity contribution in [3.63, 3.8) is 0 Å². The van der Waals surface area contributed by atoms with Gasteiger partial charge in [-0.3, -0.25) is 0 Å². The zero-order chi connectivity index (χ0) is 12.6. The van der Waals surface area contributed by atoms with Crippen molar-refractivity contribution in [3.05, 3.63) is 27.9 Å². The number of hydrogen-bond donors (Lipinski definition) is 0. The molecule has 0 saturated heterocycles. The van der Waals surface area contributed by atoms with Crippen LogP contribution in [0.3, 0.4) is 0 Å². The van der Waals surface area contributed by atoms with Gasteiger partial charge in [-0.2, -0.15) is 0 Å². The lowest BCUT2D eigenvalue weighted by molar-refractivity contribution is -0.389. The van der Waals surface area contributed by atoms with E-state index >= 15 is 0 Å². The van der Waals surface area contributed by atoms with E-state index in [-0.39, 0.29) is 17.3 Å². The highest BCUT2D eigenvalue weighted by molar-refractivity contribution is 5.42. The summed E-state index contributed by atoms with van der Waals surface area (Å²) in [5.74, 6) is 0.440. The molecule has 0 unspecified atom stereocenters. The molecule has 1 aliphatic carbocycles. The molecule has 0 N–H and O–H groups in total.